The second kappa shape index (κ2) is 5.47. The Morgan fingerprint density at radius 1 is 1.44 bits per heavy atom. The minimum absolute atomic E-state index is 0.326. The van der Waals surface area contributed by atoms with Crippen molar-refractivity contribution in [2.75, 3.05) is 0 Å². The van der Waals surface area contributed by atoms with Crippen molar-refractivity contribution >= 4 is 5.91 Å². The van der Waals surface area contributed by atoms with Crippen molar-refractivity contribution in [2.24, 2.45) is 0 Å². The molecule has 0 bridgehead atoms. The molecule has 3 nitrogen and oxygen atoms in total. The molecule has 1 unspecified atom stereocenters. The molecule has 1 rings (SSSR count). The van der Waals surface area contributed by atoms with E-state index in [0.717, 1.165) is 10.6 Å². The Hall–Kier alpha value is -1.61. The molecule has 1 aromatic carbocycles. The van der Waals surface area contributed by atoms with Gasteiger partial charge >= 0.3 is 0 Å². The number of hydrogen-bond acceptors (Lipinski definition) is 2. The van der Waals surface area contributed by atoms with Crippen LogP contribution in [0.15, 0.2) is 42.5 Å². The van der Waals surface area contributed by atoms with Crippen molar-refractivity contribution in [1.29, 1.82) is 0 Å². The van der Waals surface area contributed by atoms with Crippen molar-refractivity contribution in [3.8, 4) is 0 Å². The van der Waals surface area contributed by atoms with Crippen LogP contribution in [0.5, 0.6) is 0 Å². The number of rotatable bonds is 4. The van der Waals surface area contributed by atoms with Gasteiger partial charge in [0.05, 0.1) is 6.04 Å². The highest BCUT2D eigenvalue weighted by Gasteiger charge is 2.22. The topological polar surface area (TPSA) is 40.5 Å². The van der Waals surface area contributed by atoms with E-state index in [0.29, 0.717) is 12.0 Å². The summed E-state index contributed by atoms with van der Waals surface area (Å²) in [5.41, 5.74) is 1.25. The summed E-state index contributed by atoms with van der Waals surface area (Å²) in [6, 6.07) is 8.39. The monoisotopic (exact) mass is 219 g/mol. The average Bonchev–Trinajstić information content (AvgIpc) is 2.29. The Morgan fingerprint density at radius 2 is 2.00 bits per heavy atom. The van der Waals surface area contributed by atoms with Crippen LogP contribution in [-0.4, -0.2) is 22.2 Å². The van der Waals surface area contributed by atoms with Gasteiger partial charge in [0, 0.05) is 5.56 Å². The van der Waals surface area contributed by atoms with Crippen LogP contribution in [0.4, 0.5) is 0 Å². The van der Waals surface area contributed by atoms with Crippen LogP contribution in [0.3, 0.4) is 0 Å². The largest absolute Gasteiger partial charge is 0.285 e. The molecule has 0 aliphatic rings. The summed E-state index contributed by atoms with van der Waals surface area (Å²) in [5, 5.41) is 10.6. The van der Waals surface area contributed by atoms with E-state index in [-0.39, 0.29) is 6.04 Å². The van der Waals surface area contributed by atoms with Crippen LogP contribution in [0.25, 0.3) is 0 Å². The first-order chi connectivity index (χ1) is 7.57. The van der Waals surface area contributed by atoms with Gasteiger partial charge in [-0.3, -0.25) is 10.0 Å². The smallest absolute Gasteiger partial charge is 0.277 e. The Balaban J connectivity index is 2.86. The van der Waals surface area contributed by atoms with Crippen LogP contribution in [-0.2, 0) is 0 Å². The Bertz CT molecular complexity index is 373. The number of carbonyl (C=O) groups is 1. The van der Waals surface area contributed by atoms with Gasteiger partial charge in [0.15, 0.2) is 0 Å². The molecule has 0 radical (unpaired) electrons. The van der Waals surface area contributed by atoms with Crippen molar-refractivity contribution < 1.29 is 10.0 Å². The van der Waals surface area contributed by atoms with Crippen molar-refractivity contribution in [3.05, 3.63) is 48.0 Å². The number of hydroxylamine groups is 2. The van der Waals surface area contributed by atoms with E-state index in [1.165, 1.54) is 0 Å². The van der Waals surface area contributed by atoms with Gasteiger partial charge in [-0.05, 0) is 25.5 Å². The fourth-order valence-electron chi connectivity index (χ4n) is 1.58. The summed E-state index contributed by atoms with van der Waals surface area (Å²) in [4.78, 5) is 11.9. The molecule has 1 amide bonds. The molecule has 1 atom stereocenters. The summed E-state index contributed by atoms with van der Waals surface area (Å²) < 4.78 is 0. The van der Waals surface area contributed by atoms with Gasteiger partial charge < -0.3 is 0 Å². The number of amides is 1. The molecule has 0 saturated carbocycles. The number of nitrogens with zero attached hydrogens (tertiary/aromatic N) is 1. The maximum atomic E-state index is 11.9. The lowest BCUT2D eigenvalue weighted by Gasteiger charge is -2.25. The van der Waals surface area contributed by atoms with Crippen molar-refractivity contribution in [1.82, 2.24) is 5.06 Å². The summed E-state index contributed by atoms with van der Waals surface area (Å²) in [7, 11) is 0. The average molecular weight is 219 g/mol. The fourth-order valence-corrected chi connectivity index (χ4v) is 1.58. The van der Waals surface area contributed by atoms with Gasteiger partial charge in [-0.2, -0.15) is 0 Å². The van der Waals surface area contributed by atoms with Crippen molar-refractivity contribution in [3.63, 3.8) is 0 Å². The van der Waals surface area contributed by atoms with E-state index in [1.54, 1.807) is 31.2 Å². The zero-order valence-corrected chi connectivity index (χ0v) is 9.68. The summed E-state index contributed by atoms with van der Waals surface area (Å²) >= 11 is 0. The predicted molar refractivity (Wildman–Crippen MR) is 63.3 cm³/mol. The number of carbonyl (C=O) groups excluding carboxylic acids is 1. The molecule has 86 valence electrons. The zero-order chi connectivity index (χ0) is 12.1. The van der Waals surface area contributed by atoms with Gasteiger partial charge in [-0.15, -0.1) is 0 Å². The summed E-state index contributed by atoms with van der Waals surface area (Å²) in [6.45, 7) is 7.47. The van der Waals surface area contributed by atoms with E-state index in [1.807, 2.05) is 13.0 Å². The molecule has 0 aromatic heterocycles. The molecule has 1 aromatic rings. The Morgan fingerprint density at radius 3 is 2.44 bits per heavy atom. The second-order valence-corrected chi connectivity index (χ2v) is 3.79. The van der Waals surface area contributed by atoms with E-state index < -0.39 is 5.91 Å². The summed E-state index contributed by atoms with van der Waals surface area (Å²) in [5.74, 6) is -0.393. The maximum Gasteiger partial charge on any atom is 0.277 e. The van der Waals surface area contributed by atoms with Gasteiger partial charge in [-0.25, -0.2) is 5.06 Å². The lowest BCUT2D eigenvalue weighted by atomic mass is 10.1. The first kappa shape index (κ1) is 12.5. The lowest BCUT2D eigenvalue weighted by molar-refractivity contribution is -0.0799. The third-order valence-electron chi connectivity index (χ3n) is 2.48. The van der Waals surface area contributed by atoms with Gasteiger partial charge in [0.1, 0.15) is 0 Å². The minimum Gasteiger partial charge on any atom is -0.285 e. The van der Waals surface area contributed by atoms with Crippen LogP contribution < -0.4 is 0 Å². The Labute approximate surface area is 96.0 Å². The SMILES string of the molecule is C=C(C)C(CC)N(O)C(=O)c1ccccc1. The third kappa shape index (κ3) is 2.70. The van der Waals surface area contributed by atoms with Crippen LogP contribution in [0.1, 0.15) is 30.6 Å². The van der Waals surface area contributed by atoms with E-state index in [2.05, 4.69) is 6.58 Å². The Kier molecular flexibility index (Phi) is 4.26. The zero-order valence-electron chi connectivity index (χ0n) is 9.68. The summed E-state index contributed by atoms with van der Waals surface area (Å²) in [6.07, 6.45) is 0.643. The predicted octanol–water partition coefficient (Wildman–Crippen LogP) is 2.87. The van der Waals surface area contributed by atoms with E-state index >= 15 is 0 Å². The highest BCUT2D eigenvalue weighted by Crippen LogP contribution is 2.13. The van der Waals surface area contributed by atoms with E-state index in [4.69, 9.17) is 0 Å². The molecule has 0 aliphatic heterocycles. The molecule has 0 saturated heterocycles. The number of benzene rings is 1. The molecule has 16 heavy (non-hydrogen) atoms. The molecule has 0 spiro atoms. The molecule has 0 fully saturated rings. The normalized spacial score (nSPS) is 11.9. The lowest BCUT2D eigenvalue weighted by Crippen LogP contribution is -2.37. The highest BCUT2D eigenvalue weighted by molar-refractivity contribution is 5.93. The van der Waals surface area contributed by atoms with Crippen LogP contribution in [0.2, 0.25) is 0 Å². The third-order valence-corrected chi connectivity index (χ3v) is 2.48. The van der Waals surface area contributed by atoms with Gasteiger partial charge in [0.25, 0.3) is 5.91 Å². The number of hydrogen-bond donors (Lipinski definition) is 1. The van der Waals surface area contributed by atoms with Crippen molar-refractivity contribution in [2.45, 2.75) is 26.3 Å². The standard InChI is InChI=1S/C13H17NO2/c1-4-12(10(2)3)14(16)13(15)11-8-6-5-7-9-11/h5-9,12,16H,2,4H2,1,3H3. The van der Waals surface area contributed by atoms with Crippen LogP contribution in [0, 0.1) is 0 Å². The van der Waals surface area contributed by atoms with Gasteiger partial charge in [-0.1, -0.05) is 37.3 Å². The quantitative estimate of drug-likeness (QED) is 0.480. The molecular weight excluding hydrogens is 202 g/mol. The van der Waals surface area contributed by atoms with Crippen LogP contribution >= 0.6 is 0 Å². The molecule has 0 heterocycles. The molecule has 1 N–H and O–H groups in total. The maximum absolute atomic E-state index is 11.9. The minimum atomic E-state index is -0.393. The molecular formula is C13H17NO2. The van der Waals surface area contributed by atoms with E-state index in [9.17, 15) is 10.0 Å². The fraction of sp³-hybridized carbons (Fsp3) is 0.308. The first-order valence-electron chi connectivity index (χ1n) is 5.30. The van der Waals surface area contributed by atoms with Gasteiger partial charge in [0.2, 0.25) is 0 Å². The second-order valence-electron chi connectivity index (χ2n) is 3.79. The molecule has 3 heteroatoms. The highest BCUT2D eigenvalue weighted by atomic mass is 16.5. The molecule has 0 aliphatic carbocycles. The first-order valence-corrected chi connectivity index (χ1v) is 5.30.